The van der Waals surface area contributed by atoms with Gasteiger partial charge in [0.15, 0.2) is 0 Å². The monoisotopic (exact) mass is 286 g/mol. The van der Waals surface area contributed by atoms with Gasteiger partial charge in [0, 0.05) is 12.7 Å². The van der Waals surface area contributed by atoms with Crippen molar-refractivity contribution < 1.29 is 14.3 Å². The third-order valence-corrected chi connectivity index (χ3v) is 3.14. The number of nitrogens with one attached hydrogen (secondary N) is 1. The molecule has 0 unspecified atom stereocenters. The third kappa shape index (κ3) is 3.30. The van der Waals surface area contributed by atoms with Crippen LogP contribution in [-0.2, 0) is 7.05 Å². The van der Waals surface area contributed by atoms with Crippen LogP contribution in [0.3, 0.4) is 0 Å². The van der Waals surface area contributed by atoms with Crippen LogP contribution in [0.4, 0.5) is 10.1 Å². The van der Waals surface area contributed by atoms with Crippen LogP contribution in [0.15, 0.2) is 30.3 Å². The zero-order valence-electron chi connectivity index (χ0n) is 11.8. The Balaban J connectivity index is 2.31. The molecule has 108 valence electrons. The number of carbonyl (C=O) groups excluding carboxylic acids is 1. The highest BCUT2D eigenvalue weighted by molar-refractivity contribution is 6.04. The van der Waals surface area contributed by atoms with E-state index >= 15 is 0 Å². The van der Waals surface area contributed by atoms with Gasteiger partial charge in [0.05, 0.1) is 11.3 Å². The highest BCUT2D eigenvalue weighted by Gasteiger charge is 2.13. The Morgan fingerprint density at radius 1 is 1.38 bits per heavy atom. The van der Waals surface area contributed by atoms with Crippen molar-refractivity contribution in [3.05, 3.63) is 53.1 Å². The van der Waals surface area contributed by atoms with Gasteiger partial charge in [-0.3, -0.25) is 4.79 Å². The lowest BCUT2D eigenvalue weighted by molar-refractivity contribution is 0.101. The van der Waals surface area contributed by atoms with Crippen LogP contribution in [-0.4, -0.2) is 22.2 Å². The molecule has 2 N–H and O–H groups in total. The van der Waals surface area contributed by atoms with E-state index in [1.165, 1.54) is 18.2 Å². The van der Waals surface area contributed by atoms with E-state index in [9.17, 15) is 9.18 Å². The predicted octanol–water partition coefficient (Wildman–Crippen LogP) is 2.07. The number of halogens is 1. The van der Waals surface area contributed by atoms with Gasteiger partial charge in [0.1, 0.15) is 18.1 Å². The van der Waals surface area contributed by atoms with E-state index in [1.54, 1.807) is 17.7 Å². The van der Waals surface area contributed by atoms with E-state index in [0.29, 0.717) is 16.9 Å². The molecule has 0 saturated heterocycles. The zero-order chi connectivity index (χ0) is 15.4. The molecule has 5 heteroatoms. The average Bonchev–Trinajstić information content (AvgIpc) is 2.79. The molecule has 1 aromatic heterocycles. The van der Waals surface area contributed by atoms with Crippen molar-refractivity contribution in [1.29, 1.82) is 0 Å². The number of benzene rings is 1. The molecule has 2 aromatic rings. The molecule has 0 atom stereocenters. The summed E-state index contributed by atoms with van der Waals surface area (Å²) in [5.74, 6) is 4.31. The lowest BCUT2D eigenvalue weighted by atomic mass is 10.1. The molecule has 0 aliphatic carbocycles. The number of aryl methyl sites for hydroxylation is 1. The number of hydrogen-bond donors (Lipinski definition) is 2. The smallest absolute Gasteiger partial charge is 0.272 e. The number of carbonyl (C=O) groups is 1. The SMILES string of the molecule is Cc1ccc(C(=O)Nc2ccc(F)cc2C#CCO)n1C. The second-order valence-electron chi connectivity index (χ2n) is 4.52. The van der Waals surface area contributed by atoms with E-state index in [-0.39, 0.29) is 12.5 Å². The first kappa shape index (κ1) is 14.8. The number of hydrogen-bond acceptors (Lipinski definition) is 2. The minimum atomic E-state index is -0.454. The third-order valence-electron chi connectivity index (χ3n) is 3.14. The van der Waals surface area contributed by atoms with Gasteiger partial charge in [-0.2, -0.15) is 0 Å². The largest absolute Gasteiger partial charge is 0.384 e. The fourth-order valence-corrected chi connectivity index (χ4v) is 1.89. The Morgan fingerprint density at radius 2 is 2.14 bits per heavy atom. The predicted molar refractivity (Wildman–Crippen MR) is 78.5 cm³/mol. The molecule has 21 heavy (non-hydrogen) atoms. The number of nitrogens with zero attached hydrogens (tertiary/aromatic N) is 1. The van der Waals surface area contributed by atoms with Crippen LogP contribution >= 0.6 is 0 Å². The van der Waals surface area contributed by atoms with Crippen molar-refractivity contribution in [3.63, 3.8) is 0 Å². The molecule has 0 fully saturated rings. The first-order valence-corrected chi connectivity index (χ1v) is 6.36. The van der Waals surface area contributed by atoms with Crippen LogP contribution in [0.2, 0.25) is 0 Å². The molecule has 0 bridgehead atoms. The Morgan fingerprint density at radius 3 is 2.76 bits per heavy atom. The molecule has 0 aliphatic rings. The van der Waals surface area contributed by atoms with Gasteiger partial charge >= 0.3 is 0 Å². The summed E-state index contributed by atoms with van der Waals surface area (Å²) in [5, 5.41) is 11.4. The Hall–Kier alpha value is -2.58. The summed E-state index contributed by atoms with van der Waals surface area (Å²) in [6.07, 6.45) is 0. The molecule has 4 nitrogen and oxygen atoms in total. The van der Waals surface area contributed by atoms with Gasteiger partial charge in [-0.15, -0.1) is 0 Å². The number of anilines is 1. The normalized spacial score (nSPS) is 9.90. The number of aliphatic hydroxyl groups excluding tert-OH is 1. The number of aliphatic hydroxyl groups is 1. The van der Waals surface area contributed by atoms with Gasteiger partial charge in [0.2, 0.25) is 0 Å². The molecule has 0 aliphatic heterocycles. The molecular weight excluding hydrogens is 271 g/mol. The van der Waals surface area contributed by atoms with Gasteiger partial charge in [-0.05, 0) is 37.3 Å². The summed E-state index contributed by atoms with van der Waals surface area (Å²) in [4.78, 5) is 12.2. The molecule has 0 radical (unpaired) electrons. The molecule has 1 aromatic carbocycles. The molecular formula is C16H15FN2O2. The zero-order valence-corrected chi connectivity index (χ0v) is 11.8. The molecule has 1 amide bonds. The Kier molecular flexibility index (Phi) is 4.41. The molecule has 1 heterocycles. The van der Waals surface area contributed by atoms with E-state index < -0.39 is 5.82 Å². The van der Waals surface area contributed by atoms with E-state index in [0.717, 1.165) is 5.69 Å². The fourth-order valence-electron chi connectivity index (χ4n) is 1.89. The first-order chi connectivity index (χ1) is 10.0. The van der Waals surface area contributed by atoms with E-state index in [1.807, 2.05) is 13.0 Å². The van der Waals surface area contributed by atoms with Crippen LogP contribution in [0.5, 0.6) is 0 Å². The molecule has 0 spiro atoms. The molecule has 2 rings (SSSR count). The lowest BCUT2D eigenvalue weighted by Crippen LogP contribution is -2.16. The maximum Gasteiger partial charge on any atom is 0.272 e. The number of amides is 1. The van der Waals surface area contributed by atoms with Crippen LogP contribution < -0.4 is 5.32 Å². The summed E-state index contributed by atoms with van der Waals surface area (Å²) in [7, 11) is 1.79. The summed E-state index contributed by atoms with van der Waals surface area (Å²) in [6, 6.07) is 7.47. The van der Waals surface area contributed by atoms with Gasteiger partial charge in [-0.25, -0.2) is 4.39 Å². The van der Waals surface area contributed by atoms with Crippen molar-refractivity contribution >= 4 is 11.6 Å². The van der Waals surface area contributed by atoms with Crippen molar-refractivity contribution in [2.24, 2.45) is 7.05 Å². The maximum absolute atomic E-state index is 13.3. The second-order valence-corrected chi connectivity index (χ2v) is 4.52. The van der Waals surface area contributed by atoms with Crippen LogP contribution in [0.25, 0.3) is 0 Å². The van der Waals surface area contributed by atoms with Gasteiger partial charge in [-0.1, -0.05) is 11.8 Å². The topological polar surface area (TPSA) is 54.3 Å². The van der Waals surface area contributed by atoms with Gasteiger partial charge in [0.25, 0.3) is 5.91 Å². The number of aromatic nitrogens is 1. The molecule has 0 saturated carbocycles. The van der Waals surface area contributed by atoms with Crippen LogP contribution in [0, 0.1) is 24.6 Å². The summed E-state index contributed by atoms with van der Waals surface area (Å²) < 4.78 is 15.0. The van der Waals surface area contributed by atoms with Crippen molar-refractivity contribution in [3.8, 4) is 11.8 Å². The lowest BCUT2D eigenvalue weighted by Gasteiger charge is -2.09. The highest BCUT2D eigenvalue weighted by Crippen LogP contribution is 2.17. The van der Waals surface area contributed by atoms with Crippen molar-refractivity contribution in [1.82, 2.24) is 4.57 Å². The minimum Gasteiger partial charge on any atom is -0.384 e. The fraction of sp³-hybridized carbons (Fsp3) is 0.188. The second kappa shape index (κ2) is 6.25. The quantitative estimate of drug-likeness (QED) is 0.830. The van der Waals surface area contributed by atoms with E-state index in [2.05, 4.69) is 17.2 Å². The summed E-state index contributed by atoms with van der Waals surface area (Å²) in [5.41, 5.74) is 2.18. The summed E-state index contributed by atoms with van der Waals surface area (Å²) in [6.45, 7) is 1.56. The Bertz CT molecular complexity index is 738. The Labute approximate surface area is 122 Å². The maximum atomic E-state index is 13.3. The highest BCUT2D eigenvalue weighted by atomic mass is 19.1. The van der Waals surface area contributed by atoms with Crippen molar-refractivity contribution in [2.75, 3.05) is 11.9 Å². The summed E-state index contributed by atoms with van der Waals surface area (Å²) >= 11 is 0. The number of rotatable bonds is 2. The first-order valence-electron chi connectivity index (χ1n) is 6.36. The average molecular weight is 286 g/mol. The van der Waals surface area contributed by atoms with Crippen molar-refractivity contribution in [2.45, 2.75) is 6.92 Å². The van der Waals surface area contributed by atoms with Gasteiger partial charge < -0.3 is 15.0 Å². The van der Waals surface area contributed by atoms with Crippen LogP contribution in [0.1, 0.15) is 21.7 Å². The standard InChI is InChI=1S/C16H15FN2O2/c1-11-5-8-15(19(11)2)16(21)18-14-7-6-13(17)10-12(14)4-3-9-20/h5-8,10,20H,9H2,1-2H3,(H,18,21). The van der Waals surface area contributed by atoms with E-state index in [4.69, 9.17) is 5.11 Å². The minimum absolute atomic E-state index is 0.302.